The summed E-state index contributed by atoms with van der Waals surface area (Å²) in [6.07, 6.45) is 3.22. The Labute approximate surface area is 159 Å². The standard InChI is InChI=1S/C17H23ClN4O3S/c1-20(2)12-15-17(13-10-19-21(3)11-13)22(8-9-25-15)26(23,24)16-7-5-4-6-14(16)18/h4-7,10-11,15,17H,8-9,12H2,1-3H3/t15-,17-/m0/s1. The predicted molar refractivity (Wildman–Crippen MR) is 99.6 cm³/mol. The second-order valence-electron chi connectivity index (χ2n) is 6.61. The maximum atomic E-state index is 13.4. The normalized spacial score (nSPS) is 22.0. The first kappa shape index (κ1) is 19.3. The molecule has 0 unspecified atom stereocenters. The summed E-state index contributed by atoms with van der Waals surface area (Å²) in [6.45, 7) is 1.18. The first-order chi connectivity index (χ1) is 12.3. The van der Waals surface area contributed by atoms with Crippen molar-refractivity contribution in [2.45, 2.75) is 17.0 Å². The van der Waals surface area contributed by atoms with Crippen molar-refractivity contribution in [2.24, 2.45) is 7.05 Å². The highest BCUT2D eigenvalue weighted by molar-refractivity contribution is 7.89. The molecule has 1 aromatic carbocycles. The molecule has 1 aliphatic heterocycles. The molecule has 0 spiro atoms. The van der Waals surface area contributed by atoms with E-state index in [1.165, 1.54) is 10.4 Å². The summed E-state index contributed by atoms with van der Waals surface area (Å²) >= 11 is 6.18. The minimum atomic E-state index is -3.78. The van der Waals surface area contributed by atoms with Gasteiger partial charge in [0.25, 0.3) is 0 Å². The number of halogens is 1. The van der Waals surface area contributed by atoms with Crippen molar-refractivity contribution >= 4 is 21.6 Å². The third-order valence-corrected chi connectivity index (χ3v) is 6.72. The summed E-state index contributed by atoms with van der Waals surface area (Å²) in [4.78, 5) is 2.10. The van der Waals surface area contributed by atoms with Crippen molar-refractivity contribution in [1.29, 1.82) is 0 Å². The summed E-state index contributed by atoms with van der Waals surface area (Å²) in [7, 11) is 1.89. The SMILES string of the molecule is CN(C)C[C@@H]1OCCN(S(=O)(=O)c2ccccc2Cl)[C@H]1c1cnn(C)c1. The highest BCUT2D eigenvalue weighted by Gasteiger charge is 2.42. The van der Waals surface area contributed by atoms with Gasteiger partial charge < -0.3 is 9.64 Å². The fourth-order valence-corrected chi connectivity index (χ4v) is 5.36. The van der Waals surface area contributed by atoms with Crippen LogP contribution in [0.5, 0.6) is 0 Å². The van der Waals surface area contributed by atoms with Gasteiger partial charge in [-0.3, -0.25) is 4.68 Å². The van der Waals surface area contributed by atoms with Gasteiger partial charge in [-0.1, -0.05) is 23.7 Å². The van der Waals surface area contributed by atoms with E-state index in [4.69, 9.17) is 16.3 Å². The van der Waals surface area contributed by atoms with Gasteiger partial charge in [0.1, 0.15) is 4.90 Å². The van der Waals surface area contributed by atoms with Crippen LogP contribution in [-0.4, -0.2) is 67.3 Å². The minimum Gasteiger partial charge on any atom is -0.373 e. The van der Waals surface area contributed by atoms with Crippen LogP contribution in [0.4, 0.5) is 0 Å². The number of morpholine rings is 1. The summed E-state index contributed by atoms with van der Waals surface area (Å²) in [5.74, 6) is 0. The molecular weight excluding hydrogens is 376 g/mol. The average Bonchev–Trinajstić information content (AvgIpc) is 3.00. The van der Waals surface area contributed by atoms with Crippen LogP contribution in [0.1, 0.15) is 11.6 Å². The van der Waals surface area contributed by atoms with Gasteiger partial charge in [0, 0.05) is 31.9 Å². The Kier molecular flexibility index (Phi) is 5.69. The molecule has 1 aromatic heterocycles. The molecule has 0 bridgehead atoms. The van der Waals surface area contributed by atoms with Crippen LogP contribution in [0.3, 0.4) is 0 Å². The molecule has 0 aliphatic carbocycles. The number of aromatic nitrogens is 2. The van der Waals surface area contributed by atoms with Crippen LogP contribution >= 0.6 is 11.6 Å². The third-order valence-electron chi connectivity index (χ3n) is 4.34. The number of ether oxygens (including phenoxy) is 1. The molecule has 2 atom stereocenters. The lowest BCUT2D eigenvalue weighted by atomic mass is 10.0. The Bertz CT molecular complexity index is 868. The van der Waals surface area contributed by atoms with E-state index in [1.54, 1.807) is 36.1 Å². The summed E-state index contributed by atoms with van der Waals surface area (Å²) in [5.41, 5.74) is 0.801. The second-order valence-corrected chi connectivity index (χ2v) is 8.88. The maximum absolute atomic E-state index is 13.4. The van der Waals surface area contributed by atoms with Crippen molar-refractivity contribution in [1.82, 2.24) is 19.0 Å². The highest BCUT2D eigenvalue weighted by Crippen LogP contribution is 2.36. The Morgan fingerprint density at radius 1 is 1.35 bits per heavy atom. The molecule has 26 heavy (non-hydrogen) atoms. The average molecular weight is 399 g/mol. The number of hydrogen-bond donors (Lipinski definition) is 0. The number of nitrogens with zero attached hydrogens (tertiary/aromatic N) is 4. The van der Waals surface area contributed by atoms with Crippen molar-refractivity contribution in [2.75, 3.05) is 33.8 Å². The Morgan fingerprint density at radius 3 is 2.69 bits per heavy atom. The van der Waals surface area contributed by atoms with Gasteiger partial charge in [-0.25, -0.2) is 8.42 Å². The van der Waals surface area contributed by atoms with E-state index in [1.807, 2.05) is 25.2 Å². The lowest BCUT2D eigenvalue weighted by Gasteiger charge is -2.40. The molecule has 0 N–H and O–H groups in total. The van der Waals surface area contributed by atoms with E-state index in [9.17, 15) is 8.42 Å². The molecule has 2 heterocycles. The van der Waals surface area contributed by atoms with E-state index in [0.29, 0.717) is 13.2 Å². The largest absolute Gasteiger partial charge is 0.373 e. The van der Waals surface area contributed by atoms with Crippen LogP contribution in [0.2, 0.25) is 5.02 Å². The van der Waals surface area contributed by atoms with Gasteiger partial charge in [-0.2, -0.15) is 9.40 Å². The van der Waals surface area contributed by atoms with Gasteiger partial charge in [-0.15, -0.1) is 0 Å². The number of sulfonamides is 1. The van der Waals surface area contributed by atoms with E-state index < -0.39 is 16.1 Å². The van der Waals surface area contributed by atoms with Gasteiger partial charge >= 0.3 is 0 Å². The second kappa shape index (κ2) is 7.66. The molecule has 9 heteroatoms. The van der Waals surface area contributed by atoms with Crippen molar-refractivity contribution < 1.29 is 13.2 Å². The monoisotopic (exact) mass is 398 g/mol. The summed E-state index contributed by atoms with van der Waals surface area (Å²) in [6, 6.07) is 6.05. The van der Waals surface area contributed by atoms with E-state index in [2.05, 4.69) is 5.10 Å². The van der Waals surface area contributed by atoms with E-state index >= 15 is 0 Å². The van der Waals surface area contributed by atoms with Crippen LogP contribution in [0.25, 0.3) is 0 Å². The fourth-order valence-electron chi connectivity index (χ4n) is 3.25. The molecule has 0 saturated carbocycles. The van der Waals surface area contributed by atoms with Crippen molar-refractivity contribution in [3.05, 3.63) is 47.2 Å². The molecule has 1 saturated heterocycles. The van der Waals surface area contributed by atoms with Crippen LogP contribution in [0, 0.1) is 0 Å². The summed E-state index contributed by atoms with van der Waals surface area (Å²) in [5, 5.41) is 4.43. The fraction of sp³-hybridized carbons (Fsp3) is 0.471. The smallest absolute Gasteiger partial charge is 0.245 e. The van der Waals surface area contributed by atoms with E-state index in [0.717, 1.165) is 5.56 Å². The van der Waals surface area contributed by atoms with Crippen LogP contribution in [-0.2, 0) is 21.8 Å². The molecule has 2 aromatic rings. The minimum absolute atomic E-state index is 0.112. The zero-order valence-corrected chi connectivity index (χ0v) is 16.6. The number of likely N-dealkylation sites (N-methyl/N-ethyl adjacent to an activating group) is 1. The molecule has 1 aliphatic rings. The van der Waals surface area contributed by atoms with Crippen LogP contribution < -0.4 is 0 Å². The lowest BCUT2D eigenvalue weighted by molar-refractivity contribution is -0.0514. The number of benzene rings is 1. The topological polar surface area (TPSA) is 67.7 Å². The van der Waals surface area contributed by atoms with E-state index in [-0.39, 0.29) is 22.6 Å². The first-order valence-electron chi connectivity index (χ1n) is 8.32. The lowest BCUT2D eigenvalue weighted by Crippen LogP contribution is -2.51. The zero-order valence-electron chi connectivity index (χ0n) is 15.0. The van der Waals surface area contributed by atoms with Gasteiger partial charge in [0.2, 0.25) is 10.0 Å². The molecular formula is C17H23ClN4O3S. The molecule has 142 valence electrons. The first-order valence-corrected chi connectivity index (χ1v) is 10.1. The van der Waals surface area contributed by atoms with Gasteiger partial charge in [0.05, 0.1) is 30.0 Å². The van der Waals surface area contributed by atoms with Gasteiger partial charge in [0.15, 0.2) is 0 Å². The summed E-state index contributed by atoms with van der Waals surface area (Å²) < 4.78 is 35.8. The third kappa shape index (κ3) is 3.79. The zero-order chi connectivity index (χ0) is 18.9. The van der Waals surface area contributed by atoms with Crippen molar-refractivity contribution in [3.63, 3.8) is 0 Å². The quantitative estimate of drug-likeness (QED) is 0.767. The number of hydrogen-bond acceptors (Lipinski definition) is 5. The molecule has 0 radical (unpaired) electrons. The number of rotatable bonds is 5. The molecule has 3 rings (SSSR count). The predicted octanol–water partition coefficient (Wildman–Crippen LogP) is 1.77. The molecule has 7 nitrogen and oxygen atoms in total. The molecule has 0 amide bonds. The molecule has 1 fully saturated rings. The van der Waals surface area contributed by atoms with Crippen LogP contribution in [0.15, 0.2) is 41.6 Å². The Balaban J connectivity index is 2.06. The maximum Gasteiger partial charge on any atom is 0.245 e. The number of aryl methyl sites for hydroxylation is 1. The van der Waals surface area contributed by atoms with Crippen molar-refractivity contribution in [3.8, 4) is 0 Å². The van der Waals surface area contributed by atoms with Gasteiger partial charge in [-0.05, 0) is 26.2 Å². The highest BCUT2D eigenvalue weighted by atomic mass is 35.5. The Hall–Kier alpha value is -1.45. The Morgan fingerprint density at radius 2 is 2.08 bits per heavy atom.